The summed E-state index contributed by atoms with van der Waals surface area (Å²) in [5, 5.41) is 15.1. The van der Waals surface area contributed by atoms with Crippen molar-refractivity contribution in [2.24, 2.45) is 0 Å². The van der Waals surface area contributed by atoms with Crippen molar-refractivity contribution in [1.29, 1.82) is 0 Å². The standard InChI is InChI=1S/C26H19N3O2S/c30-24(31)16-19(26-27-22-13-7-8-14-23(22)32-26)15-20-17-29(21-11-5-2-6-12-21)28-25(20)18-9-3-1-4-10-18/h1-15,17H,16H2,(H,30,31)/b19-15-. The van der Waals surface area contributed by atoms with Gasteiger partial charge in [-0.1, -0.05) is 60.7 Å². The number of carboxylic acid groups (broad SMARTS) is 1. The summed E-state index contributed by atoms with van der Waals surface area (Å²) >= 11 is 1.50. The highest BCUT2D eigenvalue weighted by Gasteiger charge is 2.16. The molecule has 0 fully saturated rings. The Morgan fingerprint density at radius 2 is 1.62 bits per heavy atom. The average Bonchev–Trinajstić information content (AvgIpc) is 3.44. The van der Waals surface area contributed by atoms with Gasteiger partial charge in [0, 0.05) is 17.3 Å². The lowest BCUT2D eigenvalue weighted by molar-refractivity contribution is -0.135. The highest BCUT2D eigenvalue weighted by atomic mass is 32.1. The zero-order valence-corrected chi connectivity index (χ0v) is 17.9. The number of nitrogens with zero attached hydrogens (tertiary/aromatic N) is 3. The van der Waals surface area contributed by atoms with Gasteiger partial charge in [0.1, 0.15) is 5.01 Å². The first-order chi connectivity index (χ1) is 15.7. The molecule has 0 amide bonds. The van der Waals surface area contributed by atoms with Gasteiger partial charge in [0.25, 0.3) is 0 Å². The van der Waals surface area contributed by atoms with Crippen LogP contribution >= 0.6 is 11.3 Å². The number of hydrogen-bond donors (Lipinski definition) is 1. The smallest absolute Gasteiger partial charge is 0.307 e. The van der Waals surface area contributed by atoms with E-state index in [1.807, 2.05) is 102 Å². The van der Waals surface area contributed by atoms with E-state index in [0.29, 0.717) is 10.6 Å². The number of hydrogen-bond acceptors (Lipinski definition) is 4. The number of thiazole rings is 1. The van der Waals surface area contributed by atoms with Crippen molar-refractivity contribution in [3.05, 3.63) is 102 Å². The van der Waals surface area contributed by atoms with E-state index in [0.717, 1.165) is 32.7 Å². The van der Waals surface area contributed by atoms with Crippen molar-refractivity contribution in [1.82, 2.24) is 14.8 Å². The number of para-hydroxylation sites is 2. The summed E-state index contributed by atoms with van der Waals surface area (Å²) in [6, 6.07) is 27.6. The van der Waals surface area contributed by atoms with Crippen LogP contribution in [0.1, 0.15) is 17.0 Å². The quantitative estimate of drug-likeness (QED) is 0.345. The Labute approximate surface area is 188 Å². The van der Waals surface area contributed by atoms with Crippen LogP contribution in [-0.4, -0.2) is 25.8 Å². The molecule has 6 heteroatoms. The van der Waals surface area contributed by atoms with E-state index in [1.54, 1.807) is 0 Å². The van der Waals surface area contributed by atoms with Crippen molar-refractivity contribution in [3.8, 4) is 16.9 Å². The van der Waals surface area contributed by atoms with E-state index in [1.165, 1.54) is 11.3 Å². The third-order valence-electron chi connectivity index (χ3n) is 5.05. The molecule has 2 heterocycles. The second kappa shape index (κ2) is 8.61. The molecule has 0 saturated carbocycles. The van der Waals surface area contributed by atoms with Gasteiger partial charge in [-0.15, -0.1) is 11.3 Å². The Hall–Kier alpha value is -4.03. The van der Waals surface area contributed by atoms with Gasteiger partial charge < -0.3 is 5.11 Å². The van der Waals surface area contributed by atoms with Gasteiger partial charge >= 0.3 is 5.97 Å². The highest BCUT2D eigenvalue weighted by Crippen LogP contribution is 2.33. The number of carboxylic acids is 1. The molecule has 0 saturated heterocycles. The fourth-order valence-corrected chi connectivity index (χ4v) is 4.55. The van der Waals surface area contributed by atoms with Gasteiger partial charge in [-0.2, -0.15) is 5.10 Å². The van der Waals surface area contributed by atoms with Crippen LogP contribution in [0.15, 0.2) is 91.1 Å². The van der Waals surface area contributed by atoms with Crippen molar-refractivity contribution in [2.45, 2.75) is 6.42 Å². The average molecular weight is 438 g/mol. The minimum atomic E-state index is -0.896. The van der Waals surface area contributed by atoms with Crippen molar-refractivity contribution < 1.29 is 9.90 Å². The lowest BCUT2D eigenvalue weighted by Crippen LogP contribution is -1.97. The molecule has 0 aliphatic heterocycles. The molecule has 0 atom stereocenters. The Morgan fingerprint density at radius 3 is 2.34 bits per heavy atom. The second-order valence-electron chi connectivity index (χ2n) is 7.31. The van der Waals surface area contributed by atoms with E-state index < -0.39 is 5.97 Å². The number of benzene rings is 3. The Balaban J connectivity index is 1.68. The number of aliphatic carboxylic acids is 1. The van der Waals surface area contributed by atoms with Crippen LogP contribution in [0, 0.1) is 0 Å². The fourth-order valence-electron chi connectivity index (χ4n) is 3.57. The molecule has 1 N–H and O–H groups in total. The van der Waals surface area contributed by atoms with Crippen LogP contribution in [-0.2, 0) is 4.79 Å². The summed E-state index contributed by atoms with van der Waals surface area (Å²) in [5.74, 6) is -0.896. The molecule has 5 aromatic rings. The van der Waals surface area contributed by atoms with Crippen LogP contribution in [0.25, 0.3) is 38.8 Å². The summed E-state index contributed by atoms with van der Waals surface area (Å²) in [5.41, 5.74) is 5.06. The zero-order valence-electron chi connectivity index (χ0n) is 17.1. The van der Waals surface area contributed by atoms with Crippen molar-refractivity contribution in [3.63, 3.8) is 0 Å². The molecule has 0 aliphatic carbocycles. The summed E-state index contributed by atoms with van der Waals surface area (Å²) in [7, 11) is 0. The van der Waals surface area contributed by atoms with E-state index in [-0.39, 0.29) is 6.42 Å². The molecule has 0 bridgehead atoms. The van der Waals surface area contributed by atoms with E-state index in [4.69, 9.17) is 5.10 Å². The maximum atomic E-state index is 11.7. The maximum absolute atomic E-state index is 11.7. The Kier molecular flexibility index (Phi) is 5.35. The molecule has 0 aliphatic rings. The predicted molar refractivity (Wildman–Crippen MR) is 129 cm³/mol. The first-order valence-electron chi connectivity index (χ1n) is 10.2. The number of aromatic nitrogens is 3. The molecule has 0 unspecified atom stereocenters. The minimum Gasteiger partial charge on any atom is -0.481 e. The molecule has 2 aromatic heterocycles. The lowest BCUT2D eigenvalue weighted by atomic mass is 10.0. The summed E-state index contributed by atoms with van der Waals surface area (Å²) in [4.78, 5) is 16.4. The number of carbonyl (C=O) groups is 1. The highest BCUT2D eigenvalue weighted by molar-refractivity contribution is 7.19. The predicted octanol–water partition coefficient (Wildman–Crippen LogP) is 6.16. The van der Waals surface area contributed by atoms with Crippen LogP contribution in [0.4, 0.5) is 0 Å². The molecule has 5 nitrogen and oxygen atoms in total. The second-order valence-corrected chi connectivity index (χ2v) is 8.34. The lowest BCUT2D eigenvalue weighted by Gasteiger charge is -2.02. The Bertz CT molecular complexity index is 1390. The minimum absolute atomic E-state index is 0.120. The largest absolute Gasteiger partial charge is 0.481 e. The molecule has 5 rings (SSSR count). The maximum Gasteiger partial charge on any atom is 0.307 e. The molecule has 156 valence electrons. The van der Waals surface area contributed by atoms with Crippen LogP contribution in [0.2, 0.25) is 0 Å². The number of rotatable bonds is 6. The third kappa shape index (κ3) is 4.08. The summed E-state index contributed by atoms with van der Waals surface area (Å²) in [6.45, 7) is 0. The molecular weight excluding hydrogens is 418 g/mol. The van der Waals surface area contributed by atoms with Gasteiger partial charge in [-0.3, -0.25) is 4.79 Å². The van der Waals surface area contributed by atoms with Crippen molar-refractivity contribution in [2.75, 3.05) is 0 Å². The van der Waals surface area contributed by atoms with Gasteiger partial charge in [-0.05, 0) is 35.9 Å². The first kappa shape index (κ1) is 19.9. The van der Waals surface area contributed by atoms with Crippen molar-refractivity contribution >= 4 is 39.2 Å². The fraction of sp³-hybridized carbons (Fsp3) is 0.0385. The monoisotopic (exact) mass is 437 g/mol. The Morgan fingerprint density at radius 1 is 0.938 bits per heavy atom. The normalized spacial score (nSPS) is 11.7. The summed E-state index contributed by atoms with van der Waals surface area (Å²) < 4.78 is 2.85. The van der Waals surface area contributed by atoms with E-state index in [2.05, 4.69) is 4.98 Å². The zero-order chi connectivity index (χ0) is 21.9. The van der Waals surface area contributed by atoms with Gasteiger partial charge in [-0.25, -0.2) is 9.67 Å². The SMILES string of the molecule is O=C(O)C/C(=C/c1cn(-c2ccccc2)nc1-c1ccccc1)c1nc2ccccc2s1. The molecule has 0 spiro atoms. The van der Waals surface area contributed by atoms with Crippen LogP contribution in [0.3, 0.4) is 0 Å². The van der Waals surface area contributed by atoms with Gasteiger partial charge in [0.15, 0.2) is 0 Å². The van der Waals surface area contributed by atoms with Gasteiger partial charge in [0.05, 0.1) is 28.0 Å². The van der Waals surface area contributed by atoms with Crippen LogP contribution < -0.4 is 0 Å². The van der Waals surface area contributed by atoms with E-state index in [9.17, 15) is 9.90 Å². The van der Waals surface area contributed by atoms with Crippen LogP contribution in [0.5, 0.6) is 0 Å². The first-order valence-corrected chi connectivity index (χ1v) is 11.0. The molecule has 32 heavy (non-hydrogen) atoms. The third-order valence-corrected chi connectivity index (χ3v) is 6.16. The topological polar surface area (TPSA) is 68.0 Å². The molecule has 3 aromatic carbocycles. The van der Waals surface area contributed by atoms with E-state index >= 15 is 0 Å². The molecule has 0 radical (unpaired) electrons. The summed E-state index contributed by atoms with van der Waals surface area (Å²) in [6.07, 6.45) is 3.72. The number of fused-ring (bicyclic) bond motifs is 1. The molecular formula is C26H19N3O2S. The van der Waals surface area contributed by atoms with Gasteiger partial charge in [0.2, 0.25) is 0 Å².